The zero-order valence-electron chi connectivity index (χ0n) is 11.6. The van der Waals surface area contributed by atoms with Crippen molar-refractivity contribution >= 4 is 0 Å². The van der Waals surface area contributed by atoms with E-state index in [1.807, 2.05) is 12.1 Å². The monoisotopic (exact) mass is 266 g/mol. The molecule has 0 bridgehead atoms. The molecule has 106 valence electrons. The highest BCUT2D eigenvalue weighted by atomic mass is 19.1. The molecular formula is C15H23FN2O. The molecule has 2 N–H and O–H groups in total. The molecule has 1 saturated heterocycles. The Kier molecular flexibility index (Phi) is 5.31. The van der Waals surface area contributed by atoms with E-state index in [0.717, 1.165) is 44.7 Å². The van der Waals surface area contributed by atoms with Crippen LogP contribution in [0.5, 0.6) is 0 Å². The van der Waals surface area contributed by atoms with Crippen LogP contribution in [-0.4, -0.2) is 31.7 Å². The first-order valence-electron chi connectivity index (χ1n) is 6.92. The predicted molar refractivity (Wildman–Crippen MR) is 74.2 cm³/mol. The van der Waals surface area contributed by atoms with Crippen molar-refractivity contribution in [3.63, 3.8) is 0 Å². The van der Waals surface area contributed by atoms with Crippen LogP contribution in [0.2, 0.25) is 0 Å². The number of ether oxygens (including phenoxy) is 1. The Balaban J connectivity index is 1.88. The van der Waals surface area contributed by atoms with E-state index in [2.05, 4.69) is 11.9 Å². The van der Waals surface area contributed by atoms with E-state index >= 15 is 0 Å². The van der Waals surface area contributed by atoms with Crippen LogP contribution in [0, 0.1) is 11.7 Å². The molecule has 0 aromatic heterocycles. The molecule has 1 aromatic rings. The summed E-state index contributed by atoms with van der Waals surface area (Å²) in [6.45, 7) is 3.92. The lowest BCUT2D eigenvalue weighted by atomic mass is 9.99. The number of hydrogen-bond acceptors (Lipinski definition) is 3. The van der Waals surface area contributed by atoms with Crippen molar-refractivity contribution in [2.24, 2.45) is 11.7 Å². The molecule has 0 saturated carbocycles. The van der Waals surface area contributed by atoms with Crippen molar-refractivity contribution in [2.45, 2.75) is 25.9 Å². The summed E-state index contributed by atoms with van der Waals surface area (Å²) in [5.41, 5.74) is 7.25. The van der Waals surface area contributed by atoms with Crippen molar-refractivity contribution in [3.8, 4) is 0 Å². The van der Waals surface area contributed by atoms with E-state index in [1.54, 1.807) is 0 Å². The predicted octanol–water partition coefficient (Wildman–Crippen LogP) is 2.14. The molecule has 2 rings (SSSR count). The molecule has 19 heavy (non-hydrogen) atoms. The normalized spacial score (nSPS) is 17.1. The van der Waals surface area contributed by atoms with Gasteiger partial charge >= 0.3 is 0 Å². The van der Waals surface area contributed by atoms with Gasteiger partial charge in [-0.05, 0) is 37.4 Å². The second-order valence-electron chi connectivity index (χ2n) is 5.38. The number of nitrogens with two attached hydrogens (primary N) is 1. The zero-order chi connectivity index (χ0) is 13.7. The van der Waals surface area contributed by atoms with Gasteiger partial charge in [0.05, 0.1) is 0 Å². The SMILES string of the molecule is CN(Cc1ccc(F)c(CN)c1)CC1CCOCC1. The Morgan fingerprint density at radius 2 is 2.11 bits per heavy atom. The molecule has 0 radical (unpaired) electrons. The summed E-state index contributed by atoms with van der Waals surface area (Å²) in [6, 6.07) is 5.23. The summed E-state index contributed by atoms with van der Waals surface area (Å²) >= 11 is 0. The highest BCUT2D eigenvalue weighted by molar-refractivity contribution is 5.24. The van der Waals surface area contributed by atoms with Crippen LogP contribution in [-0.2, 0) is 17.8 Å². The molecular weight excluding hydrogens is 243 g/mol. The lowest BCUT2D eigenvalue weighted by Gasteiger charge is -2.27. The Labute approximate surface area is 114 Å². The van der Waals surface area contributed by atoms with E-state index in [4.69, 9.17) is 10.5 Å². The minimum absolute atomic E-state index is 0.210. The molecule has 1 aliphatic rings. The maximum absolute atomic E-state index is 13.4. The average molecular weight is 266 g/mol. The van der Waals surface area contributed by atoms with Crippen LogP contribution in [0.25, 0.3) is 0 Å². The van der Waals surface area contributed by atoms with Gasteiger partial charge in [-0.15, -0.1) is 0 Å². The van der Waals surface area contributed by atoms with Crippen LogP contribution in [0.15, 0.2) is 18.2 Å². The van der Waals surface area contributed by atoms with Crippen molar-refractivity contribution in [2.75, 3.05) is 26.8 Å². The standard InChI is InChI=1S/C15H23FN2O/c1-18(10-12-4-6-19-7-5-12)11-13-2-3-15(16)14(8-13)9-17/h2-3,8,12H,4-7,9-11,17H2,1H3. The number of rotatable bonds is 5. The van der Waals surface area contributed by atoms with Crippen LogP contribution in [0.4, 0.5) is 4.39 Å². The van der Waals surface area contributed by atoms with Gasteiger partial charge in [0.1, 0.15) is 5.82 Å². The van der Waals surface area contributed by atoms with Gasteiger partial charge in [-0.2, -0.15) is 0 Å². The van der Waals surface area contributed by atoms with E-state index in [9.17, 15) is 4.39 Å². The average Bonchev–Trinajstić information content (AvgIpc) is 2.42. The highest BCUT2D eigenvalue weighted by Gasteiger charge is 2.16. The van der Waals surface area contributed by atoms with E-state index < -0.39 is 0 Å². The first-order chi connectivity index (χ1) is 9.19. The second kappa shape index (κ2) is 6.98. The molecule has 0 amide bonds. The first-order valence-corrected chi connectivity index (χ1v) is 6.92. The summed E-state index contributed by atoms with van der Waals surface area (Å²) in [6.07, 6.45) is 2.28. The van der Waals surface area contributed by atoms with Gasteiger partial charge in [0.15, 0.2) is 0 Å². The van der Waals surface area contributed by atoms with Crippen LogP contribution in [0.3, 0.4) is 0 Å². The molecule has 1 aliphatic heterocycles. The first kappa shape index (κ1) is 14.4. The fourth-order valence-corrected chi connectivity index (χ4v) is 2.63. The maximum atomic E-state index is 13.4. The van der Waals surface area contributed by atoms with Crippen molar-refractivity contribution < 1.29 is 9.13 Å². The van der Waals surface area contributed by atoms with Crippen molar-refractivity contribution in [3.05, 3.63) is 35.1 Å². The Bertz CT molecular complexity index is 405. The summed E-state index contributed by atoms with van der Waals surface area (Å²) in [4.78, 5) is 2.30. The molecule has 0 unspecified atom stereocenters. The Morgan fingerprint density at radius 1 is 1.37 bits per heavy atom. The zero-order valence-corrected chi connectivity index (χ0v) is 11.6. The van der Waals surface area contributed by atoms with Gasteiger partial charge < -0.3 is 15.4 Å². The van der Waals surface area contributed by atoms with Gasteiger partial charge in [0.2, 0.25) is 0 Å². The molecule has 3 nitrogen and oxygen atoms in total. The van der Waals surface area contributed by atoms with Crippen molar-refractivity contribution in [1.82, 2.24) is 4.90 Å². The fourth-order valence-electron chi connectivity index (χ4n) is 2.63. The largest absolute Gasteiger partial charge is 0.381 e. The number of halogens is 1. The van der Waals surface area contributed by atoms with E-state index in [0.29, 0.717) is 11.5 Å². The second-order valence-corrected chi connectivity index (χ2v) is 5.38. The third kappa shape index (κ3) is 4.27. The quantitative estimate of drug-likeness (QED) is 0.887. The van der Waals surface area contributed by atoms with Crippen molar-refractivity contribution in [1.29, 1.82) is 0 Å². The lowest BCUT2D eigenvalue weighted by Crippen LogP contribution is -2.29. The van der Waals surface area contributed by atoms with Gasteiger partial charge in [0.25, 0.3) is 0 Å². The van der Waals surface area contributed by atoms with Gasteiger partial charge in [-0.3, -0.25) is 0 Å². The van der Waals surface area contributed by atoms with E-state index in [1.165, 1.54) is 6.07 Å². The maximum Gasteiger partial charge on any atom is 0.127 e. The topological polar surface area (TPSA) is 38.5 Å². The number of hydrogen-bond donors (Lipinski definition) is 1. The van der Waals surface area contributed by atoms with Crippen LogP contribution >= 0.6 is 0 Å². The summed E-state index contributed by atoms with van der Waals surface area (Å²) in [5.74, 6) is 0.506. The molecule has 0 atom stereocenters. The fraction of sp³-hybridized carbons (Fsp3) is 0.600. The van der Waals surface area contributed by atoms with Crippen LogP contribution in [0.1, 0.15) is 24.0 Å². The van der Waals surface area contributed by atoms with E-state index in [-0.39, 0.29) is 12.4 Å². The lowest BCUT2D eigenvalue weighted by molar-refractivity contribution is 0.0549. The summed E-state index contributed by atoms with van der Waals surface area (Å²) in [7, 11) is 2.11. The van der Waals surface area contributed by atoms with Gasteiger partial charge in [-0.1, -0.05) is 12.1 Å². The Morgan fingerprint density at radius 3 is 2.79 bits per heavy atom. The minimum atomic E-state index is -0.210. The minimum Gasteiger partial charge on any atom is -0.381 e. The molecule has 0 spiro atoms. The smallest absolute Gasteiger partial charge is 0.127 e. The molecule has 0 aliphatic carbocycles. The number of benzene rings is 1. The van der Waals surface area contributed by atoms with Gasteiger partial charge in [-0.25, -0.2) is 4.39 Å². The summed E-state index contributed by atoms with van der Waals surface area (Å²) < 4.78 is 18.7. The highest BCUT2D eigenvalue weighted by Crippen LogP contribution is 2.17. The molecule has 1 aromatic carbocycles. The third-order valence-corrected chi connectivity index (χ3v) is 3.69. The molecule has 1 fully saturated rings. The Hall–Kier alpha value is -0.970. The molecule has 4 heteroatoms. The summed E-state index contributed by atoms with van der Waals surface area (Å²) in [5, 5.41) is 0. The number of nitrogens with zero attached hydrogens (tertiary/aromatic N) is 1. The molecule has 1 heterocycles. The van der Waals surface area contributed by atoms with Gasteiger partial charge in [0, 0.05) is 38.4 Å². The third-order valence-electron chi connectivity index (χ3n) is 3.69. The van der Waals surface area contributed by atoms with Crippen LogP contribution < -0.4 is 5.73 Å².